The molecule has 114 valence electrons. The first-order chi connectivity index (χ1) is 9.97. The van der Waals surface area contributed by atoms with E-state index in [-0.39, 0.29) is 11.4 Å². The van der Waals surface area contributed by atoms with Crippen molar-refractivity contribution < 1.29 is 8.42 Å². The Labute approximate surface area is 129 Å². The number of nitrogens with one attached hydrogen (secondary N) is 2. The minimum atomic E-state index is -3.51. The number of aromatic nitrogens is 1. The lowest BCUT2D eigenvalue weighted by molar-refractivity contribution is 0.578. The van der Waals surface area contributed by atoms with E-state index in [9.17, 15) is 8.42 Å². The van der Waals surface area contributed by atoms with E-state index in [0.717, 1.165) is 10.6 Å². The lowest BCUT2D eigenvalue weighted by Gasteiger charge is -2.10. The van der Waals surface area contributed by atoms with Crippen LogP contribution in [-0.4, -0.2) is 19.4 Å². The van der Waals surface area contributed by atoms with Crippen molar-refractivity contribution in [1.29, 1.82) is 0 Å². The van der Waals surface area contributed by atoms with Crippen LogP contribution in [0.25, 0.3) is 0 Å². The van der Waals surface area contributed by atoms with Crippen LogP contribution >= 0.6 is 11.3 Å². The van der Waals surface area contributed by atoms with Gasteiger partial charge in [-0.25, -0.2) is 18.1 Å². The van der Waals surface area contributed by atoms with Crippen LogP contribution in [-0.2, 0) is 23.1 Å². The largest absolute Gasteiger partial charge is 0.310 e. The summed E-state index contributed by atoms with van der Waals surface area (Å²) in [6, 6.07) is 7.32. The van der Waals surface area contributed by atoms with Crippen molar-refractivity contribution in [2.45, 2.75) is 37.9 Å². The van der Waals surface area contributed by atoms with Crippen molar-refractivity contribution in [3.8, 4) is 0 Å². The third-order valence-corrected chi connectivity index (χ3v) is 5.00. The normalized spacial score (nSPS) is 12.0. The van der Waals surface area contributed by atoms with Gasteiger partial charge in [-0.2, -0.15) is 0 Å². The van der Waals surface area contributed by atoms with Gasteiger partial charge in [0.1, 0.15) is 5.01 Å². The van der Waals surface area contributed by atoms with E-state index < -0.39 is 10.0 Å². The average molecular weight is 325 g/mol. The summed E-state index contributed by atoms with van der Waals surface area (Å²) in [5, 5.41) is 5.84. The Hall–Kier alpha value is -1.28. The van der Waals surface area contributed by atoms with Crippen LogP contribution in [0.15, 0.2) is 40.7 Å². The Balaban J connectivity index is 2.06. The van der Waals surface area contributed by atoms with Crippen molar-refractivity contribution in [3.63, 3.8) is 0 Å². The lowest BCUT2D eigenvalue weighted by Crippen LogP contribution is -2.24. The molecule has 0 aliphatic rings. The van der Waals surface area contributed by atoms with E-state index in [1.54, 1.807) is 24.4 Å². The first-order valence-electron chi connectivity index (χ1n) is 6.68. The summed E-state index contributed by atoms with van der Waals surface area (Å²) >= 11 is 1.43. The molecule has 0 aliphatic heterocycles. The molecule has 2 rings (SSSR count). The molecule has 0 fully saturated rings. The second kappa shape index (κ2) is 7.13. The third-order valence-electron chi connectivity index (χ3n) is 2.82. The van der Waals surface area contributed by atoms with Gasteiger partial charge in [-0.1, -0.05) is 26.0 Å². The monoisotopic (exact) mass is 325 g/mol. The molecular weight excluding hydrogens is 306 g/mol. The maximum absolute atomic E-state index is 12.3. The number of hydrogen-bond acceptors (Lipinski definition) is 5. The van der Waals surface area contributed by atoms with Gasteiger partial charge in [0, 0.05) is 24.2 Å². The molecule has 1 aromatic carbocycles. The van der Waals surface area contributed by atoms with Crippen LogP contribution < -0.4 is 10.0 Å². The Morgan fingerprint density at radius 3 is 2.76 bits per heavy atom. The number of nitrogens with zero attached hydrogens (tertiary/aromatic N) is 1. The maximum atomic E-state index is 12.3. The van der Waals surface area contributed by atoms with Crippen LogP contribution in [0, 0.1) is 0 Å². The summed E-state index contributed by atoms with van der Waals surface area (Å²) < 4.78 is 27.1. The highest BCUT2D eigenvalue weighted by Gasteiger charge is 2.14. The topological polar surface area (TPSA) is 71.1 Å². The summed E-state index contributed by atoms with van der Waals surface area (Å²) in [6.45, 7) is 4.97. The van der Waals surface area contributed by atoms with Crippen LogP contribution in [0.3, 0.4) is 0 Å². The molecule has 1 heterocycles. The van der Waals surface area contributed by atoms with Crippen molar-refractivity contribution in [1.82, 2.24) is 15.0 Å². The molecular formula is C14H19N3O2S2. The number of thiazole rings is 1. The molecule has 0 saturated heterocycles. The minimum Gasteiger partial charge on any atom is -0.310 e. The van der Waals surface area contributed by atoms with Crippen molar-refractivity contribution in [3.05, 3.63) is 46.4 Å². The van der Waals surface area contributed by atoms with E-state index >= 15 is 0 Å². The molecule has 0 aliphatic carbocycles. The van der Waals surface area contributed by atoms with Gasteiger partial charge in [0.2, 0.25) is 10.0 Å². The Kier molecular flexibility index (Phi) is 5.46. The van der Waals surface area contributed by atoms with E-state index in [4.69, 9.17) is 0 Å². The van der Waals surface area contributed by atoms with Gasteiger partial charge in [-0.3, -0.25) is 0 Å². The lowest BCUT2D eigenvalue weighted by atomic mass is 10.2. The van der Waals surface area contributed by atoms with E-state index in [0.29, 0.717) is 12.6 Å². The Morgan fingerprint density at radius 1 is 1.29 bits per heavy atom. The SMILES string of the molecule is CC(C)NCc1cccc(S(=O)(=O)NCc2nccs2)c1. The molecule has 2 N–H and O–H groups in total. The summed E-state index contributed by atoms with van der Waals surface area (Å²) in [6.07, 6.45) is 1.66. The Bertz CT molecular complexity index is 667. The van der Waals surface area contributed by atoms with E-state index in [1.165, 1.54) is 11.3 Å². The predicted molar refractivity (Wildman–Crippen MR) is 84.6 cm³/mol. The number of rotatable bonds is 7. The van der Waals surface area contributed by atoms with E-state index in [2.05, 4.69) is 28.9 Å². The molecule has 0 radical (unpaired) electrons. The standard InChI is InChI=1S/C14H19N3O2S2/c1-11(2)16-9-12-4-3-5-13(8-12)21(18,19)17-10-14-15-6-7-20-14/h3-8,11,16-17H,9-10H2,1-2H3. The number of benzene rings is 1. The maximum Gasteiger partial charge on any atom is 0.240 e. The predicted octanol–water partition coefficient (Wildman–Crippen LogP) is 2.12. The molecule has 0 amide bonds. The molecule has 0 unspecified atom stereocenters. The van der Waals surface area contributed by atoms with Crippen LogP contribution in [0.5, 0.6) is 0 Å². The van der Waals surface area contributed by atoms with E-state index in [1.807, 2.05) is 11.4 Å². The zero-order chi connectivity index (χ0) is 15.3. The van der Waals surface area contributed by atoms with Crippen LogP contribution in [0.4, 0.5) is 0 Å². The van der Waals surface area contributed by atoms with Crippen LogP contribution in [0.1, 0.15) is 24.4 Å². The highest BCUT2D eigenvalue weighted by molar-refractivity contribution is 7.89. The van der Waals surface area contributed by atoms with Gasteiger partial charge in [-0.15, -0.1) is 11.3 Å². The molecule has 2 aromatic rings. The second-order valence-electron chi connectivity index (χ2n) is 4.93. The molecule has 7 heteroatoms. The molecule has 21 heavy (non-hydrogen) atoms. The molecule has 0 bridgehead atoms. The third kappa shape index (κ3) is 4.89. The molecule has 0 saturated carbocycles. The highest BCUT2D eigenvalue weighted by Crippen LogP contribution is 2.13. The fourth-order valence-corrected chi connectivity index (χ4v) is 3.43. The molecule has 5 nitrogen and oxygen atoms in total. The van der Waals surface area contributed by atoms with Gasteiger partial charge >= 0.3 is 0 Å². The first kappa shape index (κ1) is 16.1. The summed E-state index contributed by atoms with van der Waals surface area (Å²) in [5.41, 5.74) is 0.945. The number of hydrogen-bond donors (Lipinski definition) is 2. The molecule has 0 spiro atoms. The summed E-state index contributed by atoms with van der Waals surface area (Å²) in [4.78, 5) is 4.34. The van der Waals surface area contributed by atoms with Gasteiger partial charge in [0.05, 0.1) is 11.4 Å². The molecule has 1 aromatic heterocycles. The first-order valence-corrected chi connectivity index (χ1v) is 9.04. The van der Waals surface area contributed by atoms with Crippen molar-refractivity contribution >= 4 is 21.4 Å². The molecule has 0 atom stereocenters. The van der Waals surface area contributed by atoms with Gasteiger partial charge < -0.3 is 5.32 Å². The Morgan fingerprint density at radius 2 is 2.10 bits per heavy atom. The summed E-state index contributed by atoms with van der Waals surface area (Å²) in [5.74, 6) is 0. The fraction of sp³-hybridized carbons (Fsp3) is 0.357. The quantitative estimate of drug-likeness (QED) is 0.818. The van der Waals surface area contributed by atoms with Gasteiger partial charge in [-0.05, 0) is 17.7 Å². The number of sulfonamides is 1. The van der Waals surface area contributed by atoms with Crippen LogP contribution in [0.2, 0.25) is 0 Å². The smallest absolute Gasteiger partial charge is 0.240 e. The van der Waals surface area contributed by atoms with Crippen molar-refractivity contribution in [2.75, 3.05) is 0 Å². The van der Waals surface area contributed by atoms with Gasteiger partial charge in [0.15, 0.2) is 0 Å². The van der Waals surface area contributed by atoms with Gasteiger partial charge in [0.25, 0.3) is 0 Å². The zero-order valence-electron chi connectivity index (χ0n) is 12.0. The second-order valence-corrected chi connectivity index (χ2v) is 7.68. The average Bonchev–Trinajstić information content (AvgIpc) is 2.97. The minimum absolute atomic E-state index is 0.217. The zero-order valence-corrected chi connectivity index (χ0v) is 13.7. The summed E-state index contributed by atoms with van der Waals surface area (Å²) in [7, 11) is -3.51. The van der Waals surface area contributed by atoms with Crippen molar-refractivity contribution in [2.24, 2.45) is 0 Å². The highest BCUT2D eigenvalue weighted by atomic mass is 32.2. The fourth-order valence-electron chi connectivity index (χ4n) is 1.72.